The number of ether oxygens (including phenoxy) is 3. The van der Waals surface area contributed by atoms with Crippen LogP contribution >= 0.6 is 0 Å². The number of aromatic nitrogens is 1. The molecule has 0 fully saturated rings. The standard InChI is InChI=1S/C31H33NO4/c1-7-34-30(33)29(36-31(4,5)6)25-19(3)17-21-16-18(2)8-9-22(21)27(25)23-10-11-24-26-20(13-15-35-24)12-14-32-28(23)26/h8-12,14,16-17,29H,7,13,15H2,1-6H3/t29-/m0/s1. The molecule has 0 aliphatic carbocycles. The molecule has 1 aliphatic rings. The summed E-state index contributed by atoms with van der Waals surface area (Å²) in [5.74, 6) is 0.465. The van der Waals surface area contributed by atoms with Crippen molar-refractivity contribution in [2.75, 3.05) is 13.2 Å². The highest BCUT2D eigenvalue weighted by Crippen LogP contribution is 2.45. The van der Waals surface area contributed by atoms with Gasteiger partial charge >= 0.3 is 5.97 Å². The Morgan fingerprint density at radius 3 is 2.67 bits per heavy atom. The van der Waals surface area contributed by atoms with E-state index in [1.807, 2.05) is 46.9 Å². The SMILES string of the molecule is CCOC(=O)[C@@H](OC(C)(C)C)c1c(C)cc2cc(C)ccc2c1-c1ccc2c3c(ccnc13)CCO2. The summed E-state index contributed by atoms with van der Waals surface area (Å²) >= 11 is 0. The molecular weight excluding hydrogens is 450 g/mol. The summed E-state index contributed by atoms with van der Waals surface area (Å²) in [5, 5.41) is 3.20. The molecular formula is C31H33NO4. The lowest BCUT2D eigenvalue weighted by Crippen LogP contribution is -2.29. The van der Waals surface area contributed by atoms with Crippen LogP contribution in [0.15, 0.2) is 48.7 Å². The molecule has 1 aromatic heterocycles. The summed E-state index contributed by atoms with van der Waals surface area (Å²) < 4.78 is 17.9. The molecule has 1 atom stereocenters. The summed E-state index contributed by atoms with van der Waals surface area (Å²) in [5.41, 5.74) is 6.42. The molecule has 0 radical (unpaired) electrons. The number of hydrogen-bond donors (Lipinski definition) is 0. The third-order valence-corrected chi connectivity index (χ3v) is 6.62. The van der Waals surface area contributed by atoms with Crippen molar-refractivity contribution in [3.8, 4) is 16.9 Å². The Balaban J connectivity index is 1.89. The van der Waals surface area contributed by atoms with Gasteiger partial charge in [0.05, 0.1) is 24.3 Å². The van der Waals surface area contributed by atoms with Crippen LogP contribution in [0, 0.1) is 13.8 Å². The third kappa shape index (κ3) is 4.33. The Bertz CT molecular complexity index is 1470. The number of hydrogen-bond acceptors (Lipinski definition) is 5. The van der Waals surface area contributed by atoms with Crippen molar-refractivity contribution < 1.29 is 19.0 Å². The summed E-state index contributed by atoms with van der Waals surface area (Å²) in [6.45, 7) is 12.8. The fraction of sp³-hybridized carbons (Fsp3) is 0.355. The molecule has 5 nitrogen and oxygen atoms in total. The van der Waals surface area contributed by atoms with Crippen LogP contribution in [-0.4, -0.2) is 29.8 Å². The second kappa shape index (κ2) is 9.21. The molecule has 1 aliphatic heterocycles. The molecule has 0 N–H and O–H groups in total. The first kappa shape index (κ1) is 24.3. The maximum Gasteiger partial charge on any atom is 0.339 e. The van der Waals surface area contributed by atoms with Crippen LogP contribution in [-0.2, 0) is 20.7 Å². The smallest absolute Gasteiger partial charge is 0.339 e. The maximum absolute atomic E-state index is 13.4. The number of fused-ring (bicyclic) bond motifs is 1. The van der Waals surface area contributed by atoms with Gasteiger partial charge in [-0.3, -0.25) is 4.98 Å². The predicted molar refractivity (Wildman–Crippen MR) is 144 cm³/mol. The average Bonchev–Trinajstić information content (AvgIpc) is 2.82. The van der Waals surface area contributed by atoms with E-state index in [0.29, 0.717) is 6.61 Å². The van der Waals surface area contributed by atoms with Crippen molar-refractivity contribution in [1.82, 2.24) is 4.98 Å². The Hall–Kier alpha value is -3.44. The highest BCUT2D eigenvalue weighted by Gasteiger charge is 2.33. The minimum atomic E-state index is -0.882. The number of nitrogens with zero attached hydrogens (tertiary/aromatic N) is 1. The summed E-state index contributed by atoms with van der Waals surface area (Å²) in [4.78, 5) is 18.2. The van der Waals surface area contributed by atoms with Crippen LogP contribution in [0.25, 0.3) is 32.8 Å². The van der Waals surface area contributed by atoms with Gasteiger partial charge in [0.15, 0.2) is 6.10 Å². The lowest BCUT2D eigenvalue weighted by Gasteiger charge is -2.30. The van der Waals surface area contributed by atoms with E-state index in [2.05, 4.69) is 43.3 Å². The maximum atomic E-state index is 13.4. The number of carbonyl (C=O) groups excluding carboxylic acids is 1. The van der Waals surface area contributed by atoms with E-state index in [4.69, 9.17) is 19.2 Å². The van der Waals surface area contributed by atoms with Crippen LogP contribution in [0.1, 0.15) is 56.1 Å². The Kier molecular flexibility index (Phi) is 6.21. The van der Waals surface area contributed by atoms with Gasteiger partial charge in [0, 0.05) is 29.1 Å². The van der Waals surface area contributed by atoms with Crippen LogP contribution in [0.5, 0.6) is 5.75 Å². The van der Waals surface area contributed by atoms with Gasteiger partial charge in [-0.1, -0.05) is 29.8 Å². The van der Waals surface area contributed by atoms with E-state index < -0.39 is 11.7 Å². The number of esters is 1. The van der Waals surface area contributed by atoms with Gasteiger partial charge in [0.25, 0.3) is 0 Å². The summed E-state index contributed by atoms with van der Waals surface area (Å²) in [6, 6.07) is 14.7. The van der Waals surface area contributed by atoms with Crippen molar-refractivity contribution >= 4 is 27.6 Å². The first-order valence-corrected chi connectivity index (χ1v) is 12.6. The lowest BCUT2D eigenvalue weighted by atomic mass is 9.85. The molecule has 0 saturated carbocycles. The van der Waals surface area contributed by atoms with Crippen molar-refractivity contribution in [2.24, 2.45) is 0 Å². The quantitative estimate of drug-likeness (QED) is 0.285. The molecule has 0 saturated heterocycles. The zero-order valence-corrected chi connectivity index (χ0v) is 21.9. The average molecular weight is 484 g/mol. The second-order valence-electron chi connectivity index (χ2n) is 10.5. The predicted octanol–water partition coefficient (Wildman–Crippen LogP) is 7.03. The van der Waals surface area contributed by atoms with E-state index in [9.17, 15) is 4.79 Å². The van der Waals surface area contributed by atoms with E-state index in [0.717, 1.165) is 56.1 Å². The summed E-state index contributed by atoms with van der Waals surface area (Å²) in [7, 11) is 0. The highest BCUT2D eigenvalue weighted by atomic mass is 16.6. The third-order valence-electron chi connectivity index (χ3n) is 6.62. The number of rotatable bonds is 5. The van der Waals surface area contributed by atoms with E-state index in [1.165, 1.54) is 11.1 Å². The zero-order chi connectivity index (χ0) is 25.6. The molecule has 5 heteroatoms. The first-order chi connectivity index (χ1) is 17.2. The Morgan fingerprint density at radius 1 is 1.11 bits per heavy atom. The van der Waals surface area contributed by atoms with Crippen LogP contribution in [0.4, 0.5) is 0 Å². The second-order valence-corrected chi connectivity index (χ2v) is 10.5. The fourth-order valence-electron chi connectivity index (χ4n) is 5.21. The van der Waals surface area contributed by atoms with Gasteiger partial charge in [-0.05, 0) is 87.2 Å². The monoisotopic (exact) mass is 483 g/mol. The number of carbonyl (C=O) groups is 1. The number of benzene rings is 3. The van der Waals surface area contributed by atoms with Gasteiger partial charge in [-0.25, -0.2) is 4.79 Å². The number of pyridine rings is 1. The highest BCUT2D eigenvalue weighted by molar-refractivity contribution is 6.09. The van der Waals surface area contributed by atoms with E-state index in [1.54, 1.807) is 0 Å². The normalized spacial score (nSPS) is 14.1. The molecule has 186 valence electrons. The molecule has 36 heavy (non-hydrogen) atoms. The molecule has 5 rings (SSSR count). The number of aryl methyl sites for hydroxylation is 2. The van der Waals surface area contributed by atoms with Crippen molar-refractivity contribution in [3.63, 3.8) is 0 Å². The van der Waals surface area contributed by atoms with E-state index >= 15 is 0 Å². The van der Waals surface area contributed by atoms with Gasteiger partial charge in [0.1, 0.15) is 5.75 Å². The van der Waals surface area contributed by atoms with Gasteiger partial charge < -0.3 is 14.2 Å². The molecule has 2 heterocycles. The Morgan fingerprint density at radius 2 is 1.92 bits per heavy atom. The molecule has 3 aromatic carbocycles. The molecule has 0 unspecified atom stereocenters. The summed E-state index contributed by atoms with van der Waals surface area (Å²) in [6.07, 6.45) is 1.83. The van der Waals surface area contributed by atoms with Gasteiger partial charge in [-0.2, -0.15) is 0 Å². The van der Waals surface area contributed by atoms with Crippen LogP contribution < -0.4 is 4.74 Å². The van der Waals surface area contributed by atoms with Crippen molar-refractivity contribution in [3.05, 3.63) is 70.9 Å². The lowest BCUT2D eigenvalue weighted by molar-refractivity contribution is -0.166. The largest absolute Gasteiger partial charge is 0.493 e. The minimum Gasteiger partial charge on any atom is -0.493 e. The molecule has 0 amide bonds. The fourth-order valence-corrected chi connectivity index (χ4v) is 5.21. The van der Waals surface area contributed by atoms with Crippen LogP contribution in [0.3, 0.4) is 0 Å². The Labute approximate surface area is 212 Å². The first-order valence-electron chi connectivity index (χ1n) is 12.6. The van der Waals surface area contributed by atoms with Gasteiger partial charge in [0.2, 0.25) is 0 Å². The van der Waals surface area contributed by atoms with Crippen molar-refractivity contribution in [1.29, 1.82) is 0 Å². The van der Waals surface area contributed by atoms with Crippen molar-refractivity contribution in [2.45, 2.75) is 59.7 Å². The van der Waals surface area contributed by atoms with Gasteiger partial charge in [-0.15, -0.1) is 0 Å². The zero-order valence-electron chi connectivity index (χ0n) is 21.9. The van der Waals surface area contributed by atoms with E-state index in [-0.39, 0.29) is 12.6 Å². The molecule has 0 bridgehead atoms. The topological polar surface area (TPSA) is 57.7 Å². The van der Waals surface area contributed by atoms with Crippen LogP contribution in [0.2, 0.25) is 0 Å². The minimum absolute atomic E-state index is 0.282. The molecule has 0 spiro atoms. The molecule has 4 aromatic rings.